The van der Waals surface area contributed by atoms with Crippen LogP contribution in [0.1, 0.15) is 67.5 Å². The van der Waals surface area contributed by atoms with Gasteiger partial charge >= 0.3 is 51.4 Å². The molecule has 0 aliphatic carbocycles. The van der Waals surface area contributed by atoms with Gasteiger partial charge in [0, 0.05) is 12.1 Å². The maximum atomic E-state index is 4.82. The number of halogens is 1. The summed E-state index contributed by atoms with van der Waals surface area (Å²) in [5.41, 5.74) is 5.39. The smallest absolute Gasteiger partial charge is 1.00 e. The van der Waals surface area contributed by atoms with Gasteiger partial charge < -0.3 is 38.4 Å². The first-order valence-corrected chi connectivity index (χ1v) is 21.7. The second-order valence-electron chi connectivity index (χ2n) is 13.8. The topological polar surface area (TPSA) is 29.4 Å². The Balaban J connectivity index is 0.000000592. The summed E-state index contributed by atoms with van der Waals surface area (Å²) in [4.78, 5) is 4.91. The summed E-state index contributed by atoms with van der Waals surface area (Å²) in [6.45, 7) is 32.7. The Morgan fingerprint density at radius 2 is 1.07 bits per heavy atom. The molecule has 1 aliphatic rings. The van der Waals surface area contributed by atoms with Crippen LogP contribution >= 0.6 is 0 Å². The Morgan fingerprint density at radius 1 is 0.659 bits per heavy atom. The largest absolute Gasteiger partial charge is 1.00 e. The quantitative estimate of drug-likeness (QED) is 0.222. The summed E-state index contributed by atoms with van der Waals surface area (Å²) in [7, 11) is -2.21. The number of hydrogen-bond acceptors (Lipinski definition) is 2. The fourth-order valence-corrected chi connectivity index (χ4v) is 13.2. The first-order valence-electron chi connectivity index (χ1n) is 14.8. The van der Waals surface area contributed by atoms with E-state index in [0.717, 1.165) is 6.67 Å². The Bertz CT molecular complexity index is 1100. The van der Waals surface area contributed by atoms with Crippen LogP contribution in [0.5, 0.6) is 0 Å². The third-order valence-corrected chi connectivity index (χ3v) is 11.9. The number of nitrogens with zero attached hydrogens (tertiary/aromatic N) is 5. The molecule has 0 atom stereocenters. The molecule has 41 heavy (non-hydrogen) atoms. The Kier molecular flexibility index (Phi) is 17.8. The van der Waals surface area contributed by atoms with Crippen LogP contribution in [0, 0.1) is 0 Å². The first-order chi connectivity index (χ1) is 17.9. The number of para-hydroxylation sites is 4. The summed E-state index contributed by atoms with van der Waals surface area (Å²) in [6, 6.07) is 19.4. The van der Waals surface area contributed by atoms with E-state index in [-0.39, 0.29) is 75.4 Å². The molecule has 226 valence electrons. The molecule has 9 heteroatoms. The van der Waals surface area contributed by atoms with Gasteiger partial charge in [0.2, 0.25) is 6.33 Å². The second-order valence-corrected chi connectivity index (χ2v) is 23.4. The minimum absolute atomic E-state index is 0. The van der Waals surface area contributed by atoms with E-state index in [2.05, 4.69) is 168 Å². The fourth-order valence-electron chi connectivity index (χ4n) is 5.14. The van der Waals surface area contributed by atoms with E-state index in [1.165, 1.54) is 22.4 Å². The Hall–Kier alpha value is 0.270. The van der Waals surface area contributed by atoms with Crippen LogP contribution in [-0.2, 0) is 0 Å². The number of aromatic nitrogens is 2. The van der Waals surface area contributed by atoms with E-state index in [0.29, 0.717) is 24.2 Å². The molecule has 5 nitrogen and oxygen atoms in total. The van der Waals surface area contributed by atoms with E-state index >= 15 is 0 Å². The van der Waals surface area contributed by atoms with Gasteiger partial charge in [-0.3, -0.25) is 0 Å². The monoisotopic (exact) mass is 733 g/mol. The average molecular weight is 734 g/mol. The summed E-state index contributed by atoms with van der Waals surface area (Å²) >= 11 is 0. The van der Waals surface area contributed by atoms with Gasteiger partial charge in [-0.05, 0) is 79.7 Å². The van der Waals surface area contributed by atoms with E-state index in [1.54, 1.807) is 0 Å². The van der Waals surface area contributed by atoms with Crippen molar-refractivity contribution in [2.24, 2.45) is 0 Å². The number of fused-ring (bicyclic) bond motifs is 2. The van der Waals surface area contributed by atoms with Crippen molar-refractivity contribution in [2.75, 3.05) is 16.5 Å². The van der Waals surface area contributed by atoms with Gasteiger partial charge in [0.15, 0.2) is 11.0 Å². The molecule has 0 radical (unpaired) electrons. The molecule has 0 bridgehead atoms. The van der Waals surface area contributed by atoms with Gasteiger partial charge in [-0.25, -0.2) is 9.13 Å². The number of anilines is 2. The predicted molar refractivity (Wildman–Crippen MR) is 179 cm³/mol. The van der Waals surface area contributed by atoms with Gasteiger partial charge in [0.25, 0.3) is 0 Å². The van der Waals surface area contributed by atoms with Crippen LogP contribution < -0.4 is 89.7 Å². The van der Waals surface area contributed by atoms with Gasteiger partial charge in [-0.2, -0.15) is 0 Å². The summed E-state index contributed by atoms with van der Waals surface area (Å²) in [6.07, 6.45) is 2.22. The van der Waals surface area contributed by atoms with Gasteiger partial charge in [-0.1, -0.05) is 80.0 Å². The van der Waals surface area contributed by atoms with Gasteiger partial charge in [0.1, 0.15) is 0 Å². The Morgan fingerprint density at radius 3 is 1.41 bits per heavy atom. The first kappa shape index (κ1) is 41.3. The van der Waals surface area contributed by atoms with Crippen LogP contribution in [0.25, 0.3) is 15.7 Å². The molecule has 0 fully saturated rings. The second kappa shape index (κ2) is 17.7. The molecular formula is C32H57IKN5Si2. The molecule has 0 spiro atoms. The third kappa shape index (κ3) is 12.7. The summed E-state index contributed by atoms with van der Waals surface area (Å²) in [5, 5.41) is 0. The van der Waals surface area contributed by atoms with Crippen LogP contribution in [0.3, 0.4) is 0 Å². The van der Waals surface area contributed by atoms with E-state index < -0.39 is 16.5 Å². The van der Waals surface area contributed by atoms with E-state index in [9.17, 15) is 0 Å². The molecular weight excluding hydrogens is 677 g/mol. The van der Waals surface area contributed by atoms with Crippen LogP contribution in [0.4, 0.5) is 11.4 Å². The summed E-state index contributed by atoms with van der Waals surface area (Å²) in [5.74, 6) is 0. The summed E-state index contributed by atoms with van der Waals surface area (Å²) < 4.78 is 9.48. The molecule has 4 rings (SSSR count). The zero-order valence-corrected chi connectivity index (χ0v) is 36.1. The minimum atomic E-state index is -1.11. The standard InChI is InChI=1S/C13H20N2.C13H19N2.C6H18NSi2.HI.K/c2*1-10(2)14-9-15(11(3)4)13-8-6-5-7-12(13)14;1-8(2,3)7-9(4,5)6;;/h5-8,10-11H,9H2,1-4H3;5-11H,1-4H3;1-6H3;1H;/q;+1;-1;;+1/p-1. The van der Waals surface area contributed by atoms with Crippen molar-refractivity contribution in [2.45, 2.75) is 119 Å². The van der Waals surface area contributed by atoms with Crippen LogP contribution in [0.2, 0.25) is 39.3 Å². The molecule has 0 saturated carbocycles. The molecule has 2 aromatic carbocycles. The van der Waals surface area contributed by atoms with Crippen molar-refractivity contribution in [3.63, 3.8) is 0 Å². The maximum absolute atomic E-state index is 4.82. The predicted octanol–water partition coefficient (Wildman–Crippen LogP) is 3.22. The zero-order chi connectivity index (χ0) is 29.7. The molecule has 0 N–H and O–H groups in total. The molecule has 1 aromatic heterocycles. The maximum Gasteiger partial charge on any atom is 1.00 e. The van der Waals surface area contributed by atoms with Crippen molar-refractivity contribution in [3.8, 4) is 0 Å². The average Bonchev–Trinajstić information content (AvgIpc) is 3.37. The van der Waals surface area contributed by atoms with E-state index in [1.807, 2.05) is 0 Å². The van der Waals surface area contributed by atoms with Crippen molar-refractivity contribution in [1.29, 1.82) is 0 Å². The number of benzene rings is 2. The zero-order valence-electron chi connectivity index (χ0n) is 28.8. The molecule has 0 saturated heterocycles. The third-order valence-electron chi connectivity index (χ3n) is 6.52. The molecule has 1 aliphatic heterocycles. The number of rotatable bonds is 6. The van der Waals surface area contributed by atoms with Crippen molar-refractivity contribution >= 4 is 38.9 Å². The van der Waals surface area contributed by atoms with Crippen molar-refractivity contribution in [3.05, 3.63) is 59.5 Å². The van der Waals surface area contributed by atoms with Crippen molar-refractivity contribution < 1.29 is 79.9 Å². The minimum Gasteiger partial charge on any atom is -1.00 e. The van der Waals surface area contributed by atoms with Crippen LogP contribution in [0.15, 0.2) is 54.9 Å². The molecule has 0 amide bonds. The number of hydrogen-bond donors (Lipinski definition) is 0. The van der Waals surface area contributed by atoms with E-state index in [4.69, 9.17) is 4.65 Å². The normalized spacial score (nSPS) is 13.0. The van der Waals surface area contributed by atoms with Crippen LogP contribution in [-0.4, -0.2) is 39.8 Å². The van der Waals surface area contributed by atoms with Gasteiger partial charge in [0.05, 0.1) is 30.1 Å². The fraction of sp³-hybridized carbons (Fsp3) is 0.594. The van der Waals surface area contributed by atoms with Gasteiger partial charge in [-0.15, -0.1) is 0 Å². The molecule has 3 aromatic rings. The SMILES string of the molecule is CC(C)N1CN(C(C)C)c2ccccc21.CC(C)n1c[n+](C(C)C)c2ccccc21.C[Si](C)(C)[N-][Si](C)(C)C.[I-].[K+]. The number of imidazole rings is 1. The van der Waals surface area contributed by atoms with Crippen molar-refractivity contribution in [1.82, 2.24) is 4.57 Å². The molecule has 0 unspecified atom stereocenters. The Labute approximate surface area is 314 Å². The molecule has 2 heterocycles.